The molecule has 0 amide bonds. The third-order valence-corrected chi connectivity index (χ3v) is 2.25. The smallest absolute Gasteiger partial charge is 0.188 e. The van der Waals surface area contributed by atoms with Crippen LogP contribution in [0.2, 0.25) is 0 Å². The Morgan fingerprint density at radius 3 is 2.44 bits per heavy atom. The molecule has 4 heteroatoms. The van der Waals surface area contributed by atoms with Gasteiger partial charge in [-0.05, 0) is 12.3 Å². The predicted octanol–water partition coefficient (Wildman–Crippen LogP) is 1.53. The summed E-state index contributed by atoms with van der Waals surface area (Å²) in [5.41, 5.74) is 6.80. The van der Waals surface area contributed by atoms with Gasteiger partial charge in [-0.15, -0.1) is 0 Å². The highest BCUT2D eigenvalue weighted by molar-refractivity contribution is 5.78. The summed E-state index contributed by atoms with van der Waals surface area (Å²) in [7, 11) is 1.70. The van der Waals surface area contributed by atoms with Gasteiger partial charge in [0.05, 0.1) is 12.6 Å². The fourth-order valence-electron chi connectivity index (χ4n) is 1.18. The highest BCUT2D eigenvalue weighted by Gasteiger charge is 2.23. The zero-order valence-corrected chi connectivity index (χ0v) is 11.1. The van der Waals surface area contributed by atoms with Gasteiger partial charge in [-0.1, -0.05) is 32.9 Å². The van der Waals surface area contributed by atoms with E-state index in [4.69, 9.17) is 10.5 Å². The van der Waals surface area contributed by atoms with Gasteiger partial charge in [-0.3, -0.25) is 4.99 Å². The van der Waals surface area contributed by atoms with Gasteiger partial charge in [0, 0.05) is 13.7 Å². The molecule has 0 aromatic heterocycles. The summed E-state index contributed by atoms with van der Waals surface area (Å²) < 4.78 is 5.38. The summed E-state index contributed by atoms with van der Waals surface area (Å²) in [6.45, 7) is 13.3. The fraction of sp³-hybridized carbons (Fsp3) is 0.750. The van der Waals surface area contributed by atoms with Gasteiger partial charge < -0.3 is 15.8 Å². The van der Waals surface area contributed by atoms with E-state index in [9.17, 15) is 0 Å². The number of rotatable bonds is 5. The average molecular weight is 227 g/mol. The first kappa shape index (κ1) is 15.0. The predicted molar refractivity (Wildman–Crippen MR) is 69.6 cm³/mol. The second-order valence-electron chi connectivity index (χ2n) is 5.13. The molecular weight excluding hydrogens is 202 g/mol. The van der Waals surface area contributed by atoms with Crippen molar-refractivity contribution < 1.29 is 4.74 Å². The van der Waals surface area contributed by atoms with Gasteiger partial charge in [0.15, 0.2) is 5.96 Å². The monoisotopic (exact) mass is 227 g/mol. The van der Waals surface area contributed by atoms with Crippen LogP contribution in [-0.2, 0) is 4.74 Å². The summed E-state index contributed by atoms with van der Waals surface area (Å²) in [4.78, 5) is 4.25. The van der Waals surface area contributed by atoms with Gasteiger partial charge in [0.1, 0.15) is 0 Å². The van der Waals surface area contributed by atoms with Crippen LogP contribution in [0, 0.1) is 5.41 Å². The highest BCUT2D eigenvalue weighted by Crippen LogP contribution is 2.21. The first-order valence-electron chi connectivity index (χ1n) is 5.48. The molecule has 1 unspecified atom stereocenters. The normalized spacial score (nSPS) is 14.7. The van der Waals surface area contributed by atoms with Crippen molar-refractivity contribution in [1.29, 1.82) is 0 Å². The molecule has 0 aliphatic heterocycles. The van der Waals surface area contributed by atoms with Gasteiger partial charge in [0.2, 0.25) is 0 Å². The molecule has 3 N–H and O–H groups in total. The summed E-state index contributed by atoms with van der Waals surface area (Å²) in [5.74, 6) is 0.439. The number of aliphatic imine (C=N–C) groups is 1. The number of nitrogens with two attached hydrogens (primary N) is 1. The van der Waals surface area contributed by atoms with E-state index < -0.39 is 0 Å². The summed E-state index contributed by atoms with van der Waals surface area (Å²) >= 11 is 0. The van der Waals surface area contributed by atoms with Crippen molar-refractivity contribution in [2.24, 2.45) is 16.1 Å². The van der Waals surface area contributed by atoms with Crippen LogP contribution < -0.4 is 11.1 Å². The molecule has 0 rings (SSSR count). The van der Waals surface area contributed by atoms with Crippen molar-refractivity contribution in [3.63, 3.8) is 0 Å². The lowest BCUT2D eigenvalue weighted by atomic mass is 9.89. The number of nitrogens with zero attached hydrogens (tertiary/aromatic N) is 1. The third kappa shape index (κ3) is 6.45. The first-order valence-corrected chi connectivity index (χ1v) is 5.48. The van der Waals surface area contributed by atoms with E-state index in [2.05, 4.69) is 37.7 Å². The minimum Gasteiger partial charge on any atom is -0.379 e. The van der Waals surface area contributed by atoms with E-state index in [-0.39, 0.29) is 11.5 Å². The molecule has 0 saturated heterocycles. The Bertz CT molecular complexity index is 253. The Morgan fingerprint density at radius 2 is 2.06 bits per heavy atom. The molecule has 0 aromatic rings. The zero-order valence-electron chi connectivity index (χ0n) is 11.1. The van der Waals surface area contributed by atoms with E-state index in [1.807, 2.05) is 6.92 Å². The van der Waals surface area contributed by atoms with Crippen LogP contribution in [0.3, 0.4) is 0 Å². The van der Waals surface area contributed by atoms with Crippen LogP contribution in [0.15, 0.2) is 17.1 Å². The maximum Gasteiger partial charge on any atom is 0.188 e. The van der Waals surface area contributed by atoms with Crippen molar-refractivity contribution in [1.82, 2.24) is 5.32 Å². The van der Waals surface area contributed by atoms with E-state index in [1.165, 1.54) is 0 Å². The van der Waals surface area contributed by atoms with Crippen molar-refractivity contribution in [2.45, 2.75) is 33.8 Å². The molecule has 16 heavy (non-hydrogen) atoms. The van der Waals surface area contributed by atoms with Crippen LogP contribution in [-0.4, -0.2) is 32.3 Å². The number of nitrogens with one attached hydrogen (secondary N) is 1. The number of guanidine groups is 1. The minimum atomic E-state index is 0.0624. The molecule has 0 spiro atoms. The fourth-order valence-corrected chi connectivity index (χ4v) is 1.18. The molecule has 0 aliphatic carbocycles. The van der Waals surface area contributed by atoms with Crippen molar-refractivity contribution in [3.05, 3.63) is 12.2 Å². The SMILES string of the molecule is C=C(C)CNC(N)=NCC(OC)C(C)(C)C. The third-order valence-electron chi connectivity index (χ3n) is 2.25. The Hall–Kier alpha value is -1.03. The van der Waals surface area contributed by atoms with E-state index in [1.54, 1.807) is 7.11 Å². The van der Waals surface area contributed by atoms with Crippen LogP contribution >= 0.6 is 0 Å². The molecule has 0 aliphatic rings. The number of methoxy groups -OCH3 is 1. The van der Waals surface area contributed by atoms with Crippen LogP contribution in [0.1, 0.15) is 27.7 Å². The van der Waals surface area contributed by atoms with E-state index in [0.717, 1.165) is 5.57 Å². The van der Waals surface area contributed by atoms with Gasteiger partial charge in [-0.2, -0.15) is 0 Å². The van der Waals surface area contributed by atoms with Crippen LogP contribution in [0.4, 0.5) is 0 Å². The topological polar surface area (TPSA) is 59.6 Å². The molecule has 0 radical (unpaired) electrons. The van der Waals surface area contributed by atoms with Crippen molar-refractivity contribution >= 4 is 5.96 Å². The Labute approximate surface area is 99.0 Å². The number of hydrogen-bond donors (Lipinski definition) is 2. The summed E-state index contributed by atoms with van der Waals surface area (Å²) in [5, 5.41) is 2.99. The van der Waals surface area contributed by atoms with Gasteiger partial charge in [0.25, 0.3) is 0 Å². The number of hydrogen-bond acceptors (Lipinski definition) is 2. The molecule has 1 atom stereocenters. The lowest BCUT2D eigenvalue weighted by Gasteiger charge is -2.27. The van der Waals surface area contributed by atoms with Crippen LogP contribution in [0.5, 0.6) is 0 Å². The Morgan fingerprint density at radius 1 is 1.50 bits per heavy atom. The summed E-state index contributed by atoms with van der Waals surface area (Å²) in [6.07, 6.45) is 0.0673. The maximum atomic E-state index is 5.71. The van der Waals surface area contributed by atoms with Crippen molar-refractivity contribution in [3.8, 4) is 0 Å². The largest absolute Gasteiger partial charge is 0.379 e. The van der Waals surface area contributed by atoms with Gasteiger partial charge in [-0.25, -0.2) is 0 Å². The lowest BCUT2D eigenvalue weighted by Crippen LogP contribution is -2.36. The second-order valence-corrected chi connectivity index (χ2v) is 5.13. The van der Waals surface area contributed by atoms with Crippen LogP contribution in [0.25, 0.3) is 0 Å². The Balaban J connectivity index is 4.17. The molecule has 0 heterocycles. The average Bonchev–Trinajstić information content (AvgIpc) is 2.13. The molecule has 94 valence electrons. The molecule has 0 bridgehead atoms. The quantitative estimate of drug-likeness (QED) is 0.425. The van der Waals surface area contributed by atoms with Crippen molar-refractivity contribution in [2.75, 3.05) is 20.2 Å². The minimum absolute atomic E-state index is 0.0624. The molecule has 4 nitrogen and oxygen atoms in total. The standard InChI is InChI=1S/C12H25N3O/c1-9(2)7-14-11(13)15-8-10(16-6)12(3,4)5/h10H,1,7-8H2,2-6H3,(H3,13,14,15). The molecule has 0 fully saturated rings. The zero-order chi connectivity index (χ0) is 12.8. The summed E-state index contributed by atoms with van der Waals surface area (Å²) in [6, 6.07) is 0. The van der Waals surface area contributed by atoms with Gasteiger partial charge >= 0.3 is 0 Å². The lowest BCUT2D eigenvalue weighted by molar-refractivity contribution is 0.0241. The first-order chi connectivity index (χ1) is 7.27. The molecule has 0 saturated carbocycles. The second kappa shape index (κ2) is 6.53. The van der Waals surface area contributed by atoms with E-state index in [0.29, 0.717) is 19.0 Å². The molecule has 0 aromatic carbocycles. The maximum absolute atomic E-state index is 5.71. The number of ether oxygens (including phenoxy) is 1. The molecular formula is C12H25N3O. The highest BCUT2D eigenvalue weighted by atomic mass is 16.5. The van der Waals surface area contributed by atoms with E-state index >= 15 is 0 Å². The Kier molecular flexibility index (Phi) is 6.11.